The zero-order valence-electron chi connectivity index (χ0n) is 12.0. The molecule has 0 saturated heterocycles. The van der Waals surface area contributed by atoms with Crippen LogP contribution in [0.1, 0.15) is 45.4 Å². The normalized spacial score (nSPS) is 11.5. The minimum absolute atomic E-state index is 0.375. The van der Waals surface area contributed by atoms with Gasteiger partial charge in [-0.1, -0.05) is 45.1 Å². The lowest BCUT2D eigenvalue weighted by Crippen LogP contribution is -2.03. The van der Waals surface area contributed by atoms with Crippen molar-refractivity contribution in [2.24, 2.45) is 0 Å². The summed E-state index contributed by atoms with van der Waals surface area (Å²) in [6.45, 7) is 3.12. The average molecular weight is 283 g/mol. The average Bonchev–Trinajstić information content (AvgIpc) is 2.37. The third kappa shape index (κ3) is 6.62. The summed E-state index contributed by atoms with van der Waals surface area (Å²) < 4.78 is 22.9. The largest absolute Gasteiger partial charge is 0.385 e. The van der Waals surface area contributed by atoms with Crippen LogP contribution in [-0.4, -0.2) is 21.2 Å². The second-order valence-corrected chi connectivity index (χ2v) is 7.01. The van der Waals surface area contributed by atoms with Crippen molar-refractivity contribution >= 4 is 15.5 Å². The second kappa shape index (κ2) is 8.20. The summed E-state index contributed by atoms with van der Waals surface area (Å²) in [4.78, 5) is 0.375. The van der Waals surface area contributed by atoms with Crippen LogP contribution in [0.4, 0.5) is 5.69 Å². The van der Waals surface area contributed by atoms with E-state index in [0.29, 0.717) is 4.90 Å². The van der Waals surface area contributed by atoms with E-state index in [1.807, 2.05) is 6.07 Å². The van der Waals surface area contributed by atoms with Crippen molar-refractivity contribution in [1.29, 1.82) is 0 Å². The van der Waals surface area contributed by atoms with Crippen molar-refractivity contribution in [3.05, 3.63) is 24.3 Å². The van der Waals surface area contributed by atoms with Crippen LogP contribution in [0.3, 0.4) is 0 Å². The molecule has 0 saturated carbocycles. The van der Waals surface area contributed by atoms with Crippen LogP contribution in [0.15, 0.2) is 29.2 Å². The zero-order valence-corrected chi connectivity index (χ0v) is 12.8. The quantitative estimate of drug-likeness (QED) is 0.700. The Labute approximate surface area is 117 Å². The minimum atomic E-state index is -3.11. The molecule has 0 aromatic heterocycles. The second-order valence-electron chi connectivity index (χ2n) is 4.99. The molecule has 0 amide bonds. The Morgan fingerprint density at radius 1 is 1.05 bits per heavy atom. The predicted octanol–water partition coefficient (Wildman–Crippen LogP) is 3.86. The highest BCUT2D eigenvalue weighted by molar-refractivity contribution is 7.90. The molecule has 1 N–H and O–H groups in total. The maximum absolute atomic E-state index is 11.4. The van der Waals surface area contributed by atoms with Crippen molar-refractivity contribution in [2.45, 2.75) is 50.3 Å². The molecule has 0 fully saturated rings. The highest BCUT2D eigenvalue weighted by Crippen LogP contribution is 2.15. The van der Waals surface area contributed by atoms with Gasteiger partial charge in [-0.2, -0.15) is 0 Å². The number of hydrogen-bond donors (Lipinski definition) is 1. The number of sulfone groups is 1. The van der Waals surface area contributed by atoms with Gasteiger partial charge in [0.05, 0.1) is 4.90 Å². The Morgan fingerprint density at radius 2 is 1.74 bits per heavy atom. The first kappa shape index (κ1) is 16.0. The summed E-state index contributed by atoms with van der Waals surface area (Å²) in [6, 6.07) is 7.02. The predicted molar refractivity (Wildman–Crippen MR) is 81.4 cm³/mol. The molecule has 1 aromatic carbocycles. The van der Waals surface area contributed by atoms with Crippen LogP contribution in [-0.2, 0) is 9.84 Å². The summed E-state index contributed by atoms with van der Waals surface area (Å²) in [5.41, 5.74) is 0.886. The molecule has 0 heterocycles. The number of unbranched alkanes of at least 4 members (excludes halogenated alkanes) is 5. The standard InChI is InChI=1S/C15H25NO2S/c1-3-4-5-6-7-8-12-16-14-10-9-11-15(13-14)19(2,17)18/h9-11,13,16H,3-8,12H2,1-2H3. The number of rotatable bonds is 9. The van der Waals surface area contributed by atoms with Gasteiger partial charge in [0.1, 0.15) is 0 Å². The maximum Gasteiger partial charge on any atom is 0.175 e. The van der Waals surface area contributed by atoms with Gasteiger partial charge in [0.15, 0.2) is 9.84 Å². The fourth-order valence-electron chi connectivity index (χ4n) is 1.97. The van der Waals surface area contributed by atoms with Crippen molar-refractivity contribution in [3.63, 3.8) is 0 Å². The van der Waals surface area contributed by atoms with Crippen LogP contribution < -0.4 is 5.32 Å². The Morgan fingerprint density at radius 3 is 2.42 bits per heavy atom. The van der Waals surface area contributed by atoms with Gasteiger partial charge < -0.3 is 5.32 Å². The van der Waals surface area contributed by atoms with Crippen LogP contribution in [0.5, 0.6) is 0 Å². The van der Waals surface area contributed by atoms with Crippen molar-refractivity contribution in [1.82, 2.24) is 0 Å². The van der Waals surface area contributed by atoms with Gasteiger partial charge in [-0.3, -0.25) is 0 Å². The van der Waals surface area contributed by atoms with Gasteiger partial charge in [0.25, 0.3) is 0 Å². The molecule has 0 radical (unpaired) electrons. The van der Waals surface area contributed by atoms with E-state index in [1.54, 1.807) is 18.2 Å². The summed E-state index contributed by atoms with van der Waals surface area (Å²) in [7, 11) is -3.11. The van der Waals surface area contributed by atoms with E-state index in [-0.39, 0.29) is 0 Å². The highest BCUT2D eigenvalue weighted by atomic mass is 32.2. The first-order valence-corrected chi connectivity index (χ1v) is 8.97. The topological polar surface area (TPSA) is 46.2 Å². The molecule has 3 nitrogen and oxygen atoms in total. The van der Waals surface area contributed by atoms with Crippen LogP contribution in [0, 0.1) is 0 Å². The molecular weight excluding hydrogens is 258 g/mol. The molecular formula is C15H25NO2S. The van der Waals surface area contributed by atoms with Gasteiger partial charge in [-0.25, -0.2) is 8.42 Å². The molecule has 0 atom stereocenters. The number of anilines is 1. The fourth-order valence-corrected chi connectivity index (χ4v) is 2.64. The summed E-state index contributed by atoms with van der Waals surface area (Å²) >= 11 is 0. The minimum Gasteiger partial charge on any atom is -0.385 e. The highest BCUT2D eigenvalue weighted by Gasteiger charge is 2.06. The van der Waals surface area contributed by atoms with Gasteiger partial charge in [0.2, 0.25) is 0 Å². The fraction of sp³-hybridized carbons (Fsp3) is 0.600. The Hall–Kier alpha value is -1.03. The molecule has 108 valence electrons. The molecule has 19 heavy (non-hydrogen) atoms. The molecule has 0 aliphatic carbocycles. The Bertz CT molecular complexity index is 469. The molecule has 4 heteroatoms. The lowest BCUT2D eigenvalue weighted by Gasteiger charge is -2.07. The van der Waals surface area contributed by atoms with Crippen molar-refractivity contribution in [2.75, 3.05) is 18.1 Å². The number of hydrogen-bond acceptors (Lipinski definition) is 3. The van der Waals surface area contributed by atoms with Crippen LogP contribution >= 0.6 is 0 Å². The Kier molecular flexibility index (Phi) is 6.92. The summed E-state index contributed by atoms with van der Waals surface area (Å²) in [6.07, 6.45) is 8.81. The van der Waals surface area contributed by atoms with Crippen molar-refractivity contribution < 1.29 is 8.42 Å². The first-order valence-electron chi connectivity index (χ1n) is 7.08. The van der Waals surface area contributed by atoms with Gasteiger partial charge >= 0.3 is 0 Å². The van der Waals surface area contributed by atoms with E-state index < -0.39 is 9.84 Å². The first-order chi connectivity index (χ1) is 9.04. The SMILES string of the molecule is CCCCCCCCNc1cccc(S(C)(=O)=O)c1. The third-order valence-corrected chi connectivity index (χ3v) is 4.23. The van der Waals surface area contributed by atoms with E-state index in [4.69, 9.17) is 0 Å². The summed E-state index contributed by atoms with van der Waals surface area (Å²) in [5, 5.41) is 3.28. The molecule has 0 aliphatic heterocycles. The van der Waals surface area contributed by atoms with Gasteiger partial charge in [-0.15, -0.1) is 0 Å². The van der Waals surface area contributed by atoms with E-state index in [0.717, 1.165) is 18.7 Å². The van der Waals surface area contributed by atoms with Crippen LogP contribution in [0.25, 0.3) is 0 Å². The molecule has 0 unspecified atom stereocenters. The smallest absolute Gasteiger partial charge is 0.175 e. The van der Waals surface area contributed by atoms with E-state index in [2.05, 4.69) is 12.2 Å². The van der Waals surface area contributed by atoms with E-state index in [9.17, 15) is 8.42 Å². The number of nitrogens with one attached hydrogen (secondary N) is 1. The molecule has 0 spiro atoms. The van der Waals surface area contributed by atoms with Gasteiger partial charge in [-0.05, 0) is 24.6 Å². The molecule has 1 aromatic rings. The van der Waals surface area contributed by atoms with E-state index in [1.165, 1.54) is 38.4 Å². The van der Waals surface area contributed by atoms with E-state index >= 15 is 0 Å². The zero-order chi connectivity index (χ0) is 14.1. The lowest BCUT2D eigenvalue weighted by atomic mass is 10.1. The van der Waals surface area contributed by atoms with Gasteiger partial charge in [0, 0.05) is 18.5 Å². The molecule has 0 aliphatic rings. The molecule has 0 bridgehead atoms. The van der Waals surface area contributed by atoms with Crippen LogP contribution in [0.2, 0.25) is 0 Å². The maximum atomic E-state index is 11.4. The Balaban J connectivity index is 2.30. The molecule has 1 rings (SSSR count). The third-order valence-electron chi connectivity index (χ3n) is 3.12. The summed E-state index contributed by atoms with van der Waals surface area (Å²) in [5.74, 6) is 0. The van der Waals surface area contributed by atoms with Crippen molar-refractivity contribution in [3.8, 4) is 0 Å². The lowest BCUT2D eigenvalue weighted by molar-refractivity contribution is 0.602. The monoisotopic (exact) mass is 283 g/mol. The number of benzene rings is 1.